The first-order valence-electron chi connectivity index (χ1n) is 6.40. The van der Waals surface area contributed by atoms with Crippen molar-refractivity contribution in [2.24, 2.45) is 5.84 Å². The second kappa shape index (κ2) is 6.31. The molecule has 6 nitrogen and oxygen atoms in total. The van der Waals surface area contributed by atoms with Gasteiger partial charge in [0, 0.05) is 18.5 Å². The van der Waals surface area contributed by atoms with E-state index in [9.17, 15) is 0 Å². The number of nitrogens with one attached hydrogen (secondary N) is 2. The van der Waals surface area contributed by atoms with Gasteiger partial charge >= 0.3 is 0 Å². The van der Waals surface area contributed by atoms with E-state index in [4.69, 9.17) is 5.84 Å². The molecule has 0 fully saturated rings. The van der Waals surface area contributed by atoms with Gasteiger partial charge in [0.15, 0.2) is 0 Å². The highest BCUT2D eigenvalue weighted by atomic mass is 15.3. The lowest BCUT2D eigenvalue weighted by atomic mass is 10.2. The molecule has 0 saturated carbocycles. The van der Waals surface area contributed by atoms with Gasteiger partial charge in [-0.15, -0.1) is 0 Å². The van der Waals surface area contributed by atoms with Crippen LogP contribution in [0.5, 0.6) is 0 Å². The van der Waals surface area contributed by atoms with E-state index in [2.05, 4.69) is 39.6 Å². The molecular formula is C13H20N6. The third kappa shape index (κ3) is 3.30. The number of benzene rings is 1. The number of nitrogens with zero attached hydrogens (tertiary/aromatic N) is 3. The molecule has 19 heavy (non-hydrogen) atoms. The van der Waals surface area contributed by atoms with Crippen LogP contribution in [0.25, 0.3) is 10.9 Å². The maximum atomic E-state index is 5.40. The minimum Gasteiger partial charge on any atom is -0.368 e. The van der Waals surface area contributed by atoms with Gasteiger partial charge in [-0.2, -0.15) is 4.98 Å². The van der Waals surface area contributed by atoms with Crippen LogP contribution in [0, 0.1) is 0 Å². The molecule has 0 atom stereocenters. The molecule has 0 saturated heterocycles. The van der Waals surface area contributed by atoms with Crippen molar-refractivity contribution in [3.63, 3.8) is 0 Å². The Bertz CT molecular complexity index is 542. The number of nitrogens with two attached hydrogens (primary N) is 1. The molecule has 2 aromatic rings. The van der Waals surface area contributed by atoms with Crippen LogP contribution in [0.15, 0.2) is 24.3 Å². The average molecular weight is 260 g/mol. The first-order valence-corrected chi connectivity index (χ1v) is 6.40. The van der Waals surface area contributed by atoms with Crippen LogP contribution in [0.3, 0.4) is 0 Å². The fourth-order valence-electron chi connectivity index (χ4n) is 1.80. The van der Waals surface area contributed by atoms with Crippen LogP contribution < -0.4 is 16.6 Å². The van der Waals surface area contributed by atoms with Gasteiger partial charge in [-0.25, -0.2) is 10.8 Å². The monoisotopic (exact) mass is 260 g/mol. The first-order chi connectivity index (χ1) is 9.24. The zero-order valence-corrected chi connectivity index (χ0v) is 11.3. The van der Waals surface area contributed by atoms with Crippen molar-refractivity contribution in [3.8, 4) is 0 Å². The Morgan fingerprint density at radius 2 is 2.05 bits per heavy atom. The van der Waals surface area contributed by atoms with Gasteiger partial charge in [0.05, 0.1) is 5.52 Å². The second-order valence-corrected chi connectivity index (χ2v) is 4.38. The van der Waals surface area contributed by atoms with Gasteiger partial charge in [0.2, 0.25) is 5.95 Å². The summed E-state index contributed by atoms with van der Waals surface area (Å²) in [5.74, 6) is 6.63. The van der Waals surface area contributed by atoms with Gasteiger partial charge in [0.25, 0.3) is 0 Å². The van der Waals surface area contributed by atoms with E-state index in [1.165, 1.54) is 0 Å². The molecule has 0 aliphatic carbocycles. The van der Waals surface area contributed by atoms with Gasteiger partial charge < -0.3 is 10.2 Å². The topological polar surface area (TPSA) is 79.1 Å². The lowest BCUT2D eigenvalue weighted by molar-refractivity contribution is 0.367. The molecule has 1 aromatic heterocycles. The van der Waals surface area contributed by atoms with E-state index >= 15 is 0 Å². The fraction of sp³-hybridized carbons (Fsp3) is 0.385. The lowest BCUT2D eigenvalue weighted by Crippen LogP contribution is -2.25. The summed E-state index contributed by atoms with van der Waals surface area (Å²) in [5, 5.41) is 4.34. The number of anilines is 2. The van der Waals surface area contributed by atoms with Crippen molar-refractivity contribution < 1.29 is 0 Å². The molecule has 0 aliphatic rings. The van der Waals surface area contributed by atoms with E-state index in [1.54, 1.807) is 0 Å². The summed E-state index contributed by atoms with van der Waals surface area (Å²) in [5.41, 5.74) is 3.37. The highest BCUT2D eigenvalue weighted by molar-refractivity contribution is 5.89. The van der Waals surface area contributed by atoms with Gasteiger partial charge in [-0.05, 0) is 25.7 Å². The number of aromatic nitrogens is 2. The maximum Gasteiger partial charge on any atom is 0.239 e. The summed E-state index contributed by atoms with van der Waals surface area (Å²) < 4.78 is 0. The molecule has 0 aliphatic heterocycles. The molecule has 4 N–H and O–H groups in total. The van der Waals surface area contributed by atoms with Crippen molar-refractivity contribution in [2.45, 2.75) is 6.92 Å². The standard InChI is InChI=1S/C13H20N6/c1-3-19(2)9-8-15-12-10-6-4-5-7-11(10)16-13(17-12)18-14/h4-7H,3,8-9,14H2,1-2H3,(H2,15,16,17,18). The van der Waals surface area contributed by atoms with E-state index in [0.717, 1.165) is 36.4 Å². The second-order valence-electron chi connectivity index (χ2n) is 4.38. The van der Waals surface area contributed by atoms with Gasteiger partial charge in [-0.1, -0.05) is 19.1 Å². The molecule has 0 bridgehead atoms. The number of rotatable bonds is 6. The van der Waals surface area contributed by atoms with Crippen molar-refractivity contribution in [2.75, 3.05) is 37.4 Å². The van der Waals surface area contributed by atoms with Crippen molar-refractivity contribution in [1.29, 1.82) is 0 Å². The molecule has 0 amide bonds. The van der Waals surface area contributed by atoms with Crippen molar-refractivity contribution in [3.05, 3.63) is 24.3 Å². The third-order valence-corrected chi connectivity index (χ3v) is 3.06. The van der Waals surface area contributed by atoms with Crippen LogP contribution in [0.1, 0.15) is 6.92 Å². The fourth-order valence-corrected chi connectivity index (χ4v) is 1.80. The zero-order valence-electron chi connectivity index (χ0n) is 11.3. The number of fused-ring (bicyclic) bond motifs is 1. The molecule has 1 heterocycles. The SMILES string of the molecule is CCN(C)CCNc1nc(NN)nc2ccccc12. The Hall–Kier alpha value is -1.92. The molecule has 0 radical (unpaired) electrons. The van der Waals surface area contributed by atoms with Crippen LogP contribution in [-0.4, -0.2) is 41.5 Å². The summed E-state index contributed by atoms with van der Waals surface area (Å²) in [4.78, 5) is 10.9. The quantitative estimate of drug-likeness (QED) is 0.536. The smallest absolute Gasteiger partial charge is 0.239 e. The first kappa shape index (κ1) is 13.5. The number of likely N-dealkylation sites (N-methyl/N-ethyl adjacent to an activating group) is 1. The minimum atomic E-state index is 0.421. The van der Waals surface area contributed by atoms with Crippen LogP contribution >= 0.6 is 0 Å². The average Bonchev–Trinajstić information content (AvgIpc) is 2.46. The van der Waals surface area contributed by atoms with Gasteiger partial charge in [0.1, 0.15) is 5.82 Å². The van der Waals surface area contributed by atoms with Crippen LogP contribution in [0.4, 0.5) is 11.8 Å². The highest BCUT2D eigenvalue weighted by Crippen LogP contribution is 2.21. The number of hydrogen-bond acceptors (Lipinski definition) is 6. The number of hydrazine groups is 1. The molecule has 2 rings (SSSR count). The summed E-state index contributed by atoms with van der Waals surface area (Å²) in [7, 11) is 2.09. The van der Waals surface area contributed by atoms with E-state index in [1.807, 2.05) is 24.3 Å². The van der Waals surface area contributed by atoms with Crippen molar-refractivity contribution in [1.82, 2.24) is 14.9 Å². The molecule has 102 valence electrons. The van der Waals surface area contributed by atoms with Gasteiger partial charge in [-0.3, -0.25) is 5.43 Å². The molecule has 1 aromatic carbocycles. The minimum absolute atomic E-state index is 0.421. The van der Waals surface area contributed by atoms with Crippen LogP contribution in [0.2, 0.25) is 0 Å². The Labute approximate surface area is 113 Å². The van der Waals surface area contributed by atoms with E-state index in [0.29, 0.717) is 5.95 Å². The molecule has 0 spiro atoms. The predicted molar refractivity (Wildman–Crippen MR) is 79.0 cm³/mol. The summed E-state index contributed by atoms with van der Waals surface area (Å²) in [6.07, 6.45) is 0. The number of para-hydroxylation sites is 1. The third-order valence-electron chi connectivity index (χ3n) is 3.06. The van der Waals surface area contributed by atoms with E-state index in [-0.39, 0.29) is 0 Å². The van der Waals surface area contributed by atoms with E-state index < -0.39 is 0 Å². The summed E-state index contributed by atoms with van der Waals surface area (Å²) in [6, 6.07) is 7.87. The summed E-state index contributed by atoms with van der Waals surface area (Å²) in [6.45, 7) is 4.95. The predicted octanol–water partition coefficient (Wildman–Crippen LogP) is 1.28. The lowest BCUT2D eigenvalue weighted by Gasteiger charge is -2.15. The largest absolute Gasteiger partial charge is 0.368 e. The molecule has 0 unspecified atom stereocenters. The summed E-state index contributed by atoms with van der Waals surface area (Å²) >= 11 is 0. The van der Waals surface area contributed by atoms with Crippen molar-refractivity contribution >= 4 is 22.7 Å². The molecule has 6 heteroatoms. The Morgan fingerprint density at radius 1 is 1.26 bits per heavy atom. The number of nitrogen functional groups attached to an aromatic ring is 1. The number of hydrogen-bond donors (Lipinski definition) is 3. The Kier molecular flexibility index (Phi) is 4.48. The maximum absolute atomic E-state index is 5.40. The zero-order chi connectivity index (χ0) is 13.7. The van der Waals surface area contributed by atoms with Crippen LogP contribution in [-0.2, 0) is 0 Å². The Balaban J connectivity index is 2.20. The molecular weight excluding hydrogens is 240 g/mol. The normalized spacial score (nSPS) is 10.9. The Morgan fingerprint density at radius 3 is 2.79 bits per heavy atom. The highest BCUT2D eigenvalue weighted by Gasteiger charge is 2.06.